The lowest BCUT2D eigenvalue weighted by Gasteiger charge is -2.26. The van der Waals surface area contributed by atoms with Crippen LogP contribution in [0.3, 0.4) is 0 Å². The highest BCUT2D eigenvalue weighted by Crippen LogP contribution is 2.20. The quantitative estimate of drug-likeness (QED) is 0.789. The van der Waals surface area contributed by atoms with Gasteiger partial charge in [-0.25, -0.2) is 9.37 Å². The lowest BCUT2D eigenvalue weighted by molar-refractivity contribution is 0.0916. The third kappa shape index (κ3) is 2.26. The maximum absolute atomic E-state index is 12.8. The molecule has 2 rings (SSSR count). The molecule has 1 aromatic rings. The van der Waals surface area contributed by atoms with Crippen LogP contribution in [-0.4, -0.2) is 16.9 Å². The SMILES string of the molecule is O=C(NC1CCC1)c1cc(F)cnc1Cl. The van der Waals surface area contributed by atoms with Crippen molar-refractivity contribution in [3.05, 3.63) is 28.8 Å². The van der Waals surface area contributed by atoms with Gasteiger partial charge in [0.05, 0.1) is 11.8 Å². The summed E-state index contributed by atoms with van der Waals surface area (Å²) in [6, 6.07) is 1.31. The van der Waals surface area contributed by atoms with E-state index in [4.69, 9.17) is 11.6 Å². The van der Waals surface area contributed by atoms with Crippen molar-refractivity contribution in [3.8, 4) is 0 Å². The molecule has 0 aromatic carbocycles. The van der Waals surface area contributed by atoms with Crippen LogP contribution in [0, 0.1) is 5.82 Å². The lowest BCUT2D eigenvalue weighted by Crippen LogP contribution is -2.39. The second-order valence-electron chi connectivity index (χ2n) is 3.59. The summed E-state index contributed by atoms with van der Waals surface area (Å²) >= 11 is 5.70. The largest absolute Gasteiger partial charge is 0.349 e. The van der Waals surface area contributed by atoms with Gasteiger partial charge in [0.1, 0.15) is 11.0 Å². The Hall–Kier alpha value is -1.16. The molecule has 0 bridgehead atoms. The van der Waals surface area contributed by atoms with Crippen molar-refractivity contribution in [2.24, 2.45) is 0 Å². The first-order valence-corrected chi connectivity index (χ1v) is 5.16. The summed E-state index contributed by atoms with van der Waals surface area (Å²) in [5.41, 5.74) is 0.101. The first-order chi connectivity index (χ1) is 7.16. The zero-order valence-corrected chi connectivity index (χ0v) is 8.72. The van der Waals surface area contributed by atoms with E-state index in [1.165, 1.54) is 0 Å². The number of carbonyl (C=O) groups excluding carboxylic acids is 1. The molecule has 0 saturated heterocycles. The Morgan fingerprint density at radius 1 is 1.60 bits per heavy atom. The molecule has 0 radical (unpaired) electrons. The molecule has 0 spiro atoms. The highest BCUT2D eigenvalue weighted by Gasteiger charge is 2.21. The van der Waals surface area contributed by atoms with Gasteiger partial charge >= 0.3 is 0 Å². The van der Waals surface area contributed by atoms with Gasteiger partial charge in [-0.3, -0.25) is 4.79 Å². The average molecular weight is 229 g/mol. The third-order valence-electron chi connectivity index (χ3n) is 2.49. The summed E-state index contributed by atoms with van der Waals surface area (Å²) < 4.78 is 12.8. The predicted octanol–water partition coefficient (Wildman–Crippen LogP) is 2.16. The molecule has 1 aliphatic carbocycles. The summed E-state index contributed by atoms with van der Waals surface area (Å²) in [5, 5.41) is 2.81. The zero-order chi connectivity index (χ0) is 10.8. The maximum Gasteiger partial charge on any atom is 0.254 e. The van der Waals surface area contributed by atoms with E-state index in [0.29, 0.717) is 0 Å². The van der Waals surface area contributed by atoms with Crippen molar-refractivity contribution in [3.63, 3.8) is 0 Å². The van der Waals surface area contributed by atoms with Gasteiger partial charge < -0.3 is 5.32 Å². The van der Waals surface area contributed by atoms with Crippen molar-refractivity contribution >= 4 is 17.5 Å². The van der Waals surface area contributed by atoms with E-state index in [9.17, 15) is 9.18 Å². The van der Waals surface area contributed by atoms with E-state index in [2.05, 4.69) is 10.3 Å². The van der Waals surface area contributed by atoms with E-state index in [1.54, 1.807) is 0 Å². The topological polar surface area (TPSA) is 42.0 Å². The van der Waals surface area contributed by atoms with Crippen molar-refractivity contribution in [2.45, 2.75) is 25.3 Å². The maximum atomic E-state index is 12.8. The van der Waals surface area contributed by atoms with Gasteiger partial charge in [0.2, 0.25) is 0 Å². The number of halogens is 2. The molecule has 15 heavy (non-hydrogen) atoms. The smallest absolute Gasteiger partial charge is 0.254 e. The number of rotatable bonds is 2. The summed E-state index contributed by atoms with van der Waals surface area (Å²) in [5.74, 6) is -0.908. The van der Waals surface area contributed by atoms with Gasteiger partial charge in [0.25, 0.3) is 5.91 Å². The normalized spacial score (nSPS) is 15.9. The summed E-state index contributed by atoms with van der Waals surface area (Å²) in [6.45, 7) is 0. The Balaban J connectivity index is 2.12. The minimum atomic E-state index is -0.557. The molecule has 1 aliphatic rings. The van der Waals surface area contributed by atoms with Gasteiger partial charge in [0, 0.05) is 6.04 Å². The molecule has 1 aromatic heterocycles. The highest BCUT2D eigenvalue weighted by molar-refractivity contribution is 6.32. The van der Waals surface area contributed by atoms with Crippen LogP contribution in [0.4, 0.5) is 4.39 Å². The fourth-order valence-electron chi connectivity index (χ4n) is 1.40. The fraction of sp³-hybridized carbons (Fsp3) is 0.400. The van der Waals surface area contributed by atoms with Crippen LogP contribution in [0.25, 0.3) is 0 Å². The van der Waals surface area contributed by atoms with Crippen LogP contribution in [-0.2, 0) is 0 Å². The Morgan fingerprint density at radius 3 is 2.93 bits per heavy atom. The minimum absolute atomic E-state index is 0.0354. The molecule has 0 unspecified atom stereocenters. The van der Waals surface area contributed by atoms with Crippen LogP contribution in [0.2, 0.25) is 5.15 Å². The van der Waals surface area contributed by atoms with E-state index < -0.39 is 5.82 Å². The van der Waals surface area contributed by atoms with Crippen LogP contribution in [0.15, 0.2) is 12.3 Å². The fourth-order valence-corrected chi connectivity index (χ4v) is 1.59. The molecule has 5 heteroatoms. The van der Waals surface area contributed by atoms with E-state index in [0.717, 1.165) is 31.5 Å². The number of nitrogens with zero attached hydrogens (tertiary/aromatic N) is 1. The molecule has 1 N–H and O–H groups in total. The summed E-state index contributed by atoms with van der Waals surface area (Å²) in [4.78, 5) is 15.2. The van der Waals surface area contributed by atoms with Gasteiger partial charge in [-0.05, 0) is 25.3 Å². The Bertz CT molecular complexity index is 393. The molecule has 0 aliphatic heterocycles. The van der Waals surface area contributed by atoms with Gasteiger partial charge in [-0.15, -0.1) is 0 Å². The second-order valence-corrected chi connectivity index (χ2v) is 3.95. The van der Waals surface area contributed by atoms with E-state index in [-0.39, 0.29) is 22.7 Å². The van der Waals surface area contributed by atoms with Crippen LogP contribution >= 0.6 is 11.6 Å². The molecule has 1 fully saturated rings. The molecule has 1 saturated carbocycles. The Morgan fingerprint density at radius 2 is 2.33 bits per heavy atom. The minimum Gasteiger partial charge on any atom is -0.349 e. The van der Waals surface area contributed by atoms with Crippen molar-refractivity contribution in [1.82, 2.24) is 10.3 Å². The number of amides is 1. The lowest BCUT2D eigenvalue weighted by atomic mass is 9.93. The first kappa shape index (κ1) is 10.4. The Labute approximate surface area is 91.7 Å². The average Bonchev–Trinajstić information content (AvgIpc) is 2.15. The number of hydrogen-bond acceptors (Lipinski definition) is 2. The summed E-state index contributed by atoms with van der Waals surface area (Å²) in [6.07, 6.45) is 4.07. The molecule has 80 valence electrons. The van der Waals surface area contributed by atoms with Crippen molar-refractivity contribution in [1.29, 1.82) is 0 Å². The standard InChI is InChI=1S/C10H10ClFN2O/c11-9-8(4-6(12)5-13-9)10(15)14-7-2-1-3-7/h4-5,7H,1-3H2,(H,14,15). The number of carbonyl (C=O) groups is 1. The zero-order valence-electron chi connectivity index (χ0n) is 7.96. The van der Waals surface area contributed by atoms with E-state index >= 15 is 0 Å². The molecule has 1 heterocycles. The van der Waals surface area contributed by atoms with Crippen molar-refractivity contribution in [2.75, 3.05) is 0 Å². The molecule has 0 atom stereocenters. The van der Waals surface area contributed by atoms with Crippen LogP contribution in [0.1, 0.15) is 29.6 Å². The predicted molar refractivity (Wildman–Crippen MR) is 54.3 cm³/mol. The van der Waals surface area contributed by atoms with E-state index in [1.807, 2.05) is 0 Å². The molecular weight excluding hydrogens is 219 g/mol. The number of nitrogens with one attached hydrogen (secondary N) is 1. The van der Waals surface area contributed by atoms with Gasteiger partial charge in [-0.2, -0.15) is 0 Å². The number of pyridine rings is 1. The first-order valence-electron chi connectivity index (χ1n) is 4.79. The second kappa shape index (κ2) is 4.14. The number of aromatic nitrogens is 1. The molecule has 3 nitrogen and oxygen atoms in total. The van der Waals surface area contributed by atoms with Crippen molar-refractivity contribution < 1.29 is 9.18 Å². The third-order valence-corrected chi connectivity index (χ3v) is 2.79. The monoisotopic (exact) mass is 228 g/mol. The molecular formula is C10H10ClFN2O. The summed E-state index contributed by atoms with van der Waals surface area (Å²) in [7, 11) is 0. The number of hydrogen-bond donors (Lipinski definition) is 1. The molecule has 1 amide bonds. The van der Waals surface area contributed by atoms with Crippen LogP contribution < -0.4 is 5.32 Å². The highest BCUT2D eigenvalue weighted by atomic mass is 35.5. The Kier molecular flexibility index (Phi) is 2.86. The van der Waals surface area contributed by atoms with Gasteiger partial charge in [-0.1, -0.05) is 11.6 Å². The van der Waals surface area contributed by atoms with Crippen LogP contribution in [0.5, 0.6) is 0 Å². The van der Waals surface area contributed by atoms with Gasteiger partial charge in [0.15, 0.2) is 0 Å².